The molecule has 1 unspecified atom stereocenters. The zero-order valence-electron chi connectivity index (χ0n) is 21.0. The first-order valence-corrected chi connectivity index (χ1v) is 13.5. The highest BCUT2D eigenvalue weighted by molar-refractivity contribution is 7.65. The van der Waals surface area contributed by atoms with Gasteiger partial charge in [0.05, 0.1) is 37.8 Å². The number of azo groups is 1. The molecule has 0 bridgehead atoms. The second-order valence-corrected chi connectivity index (χ2v) is 11.7. The van der Waals surface area contributed by atoms with E-state index in [4.69, 9.17) is 18.5 Å². The number of aliphatic hydroxyl groups excluding tert-OH is 1. The van der Waals surface area contributed by atoms with Gasteiger partial charge in [0.15, 0.2) is 0 Å². The largest absolute Gasteiger partial charge is 0.497 e. The Hall–Kier alpha value is -3.29. The molecular weight excluding hydrogens is 491 g/mol. The third-order valence-corrected chi connectivity index (χ3v) is 8.15. The van der Waals surface area contributed by atoms with Gasteiger partial charge in [-0.3, -0.25) is 4.57 Å². The third-order valence-electron chi connectivity index (χ3n) is 6.15. The SMILES string of the molecule is COc1ccc(/C(=C2\CC(O)c3cc(N=Nc4ccccc4)ccc3O2)P2(=O)OCC(C)(C)CO2)cc1. The average Bonchev–Trinajstić information content (AvgIpc) is 2.91. The highest BCUT2D eigenvalue weighted by atomic mass is 31.2. The fourth-order valence-corrected chi connectivity index (χ4v) is 6.39. The van der Waals surface area contributed by atoms with Crippen LogP contribution in [0.1, 0.15) is 37.5 Å². The number of rotatable bonds is 5. The summed E-state index contributed by atoms with van der Waals surface area (Å²) in [4.78, 5) is 0. The van der Waals surface area contributed by atoms with Crippen LogP contribution < -0.4 is 9.47 Å². The Morgan fingerprint density at radius 2 is 1.65 bits per heavy atom. The maximum atomic E-state index is 14.0. The lowest BCUT2D eigenvalue weighted by molar-refractivity contribution is 0.0464. The number of benzene rings is 3. The molecule has 0 spiro atoms. The molecule has 2 heterocycles. The Balaban J connectivity index is 1.52. The summed E-state index contributed by atoms with van der Waals surface area (Å²) >= 11 is 0. The second-order valence-electron chi connectivity index (χ2n) is 9.79. The Labute approximate surface area is 216 Å². The minimum Gasteiger partial charge on any atom is -0.497 e. The van der Waals surface area contributed by atoms with Crippen LogP contribution in [0.15, 0.2) is 88.8 Å². The molecule has 1 N–H and O–H groups in total. The van der Waals surface area contributed by atoms with Crippen LogP contribution in [-0.4, -0.2) is 25.4 Å². The van der Waals surface area contributed by atoms with E-state index in [1.165, 1.54) is 0 Å². The highest BCUT2D eigenvalue weighted by Crippen LogP contribution is 2.65. The molecule has 192 valence electrons. The van der Waals surface area contributed by atoms with Crippen molar-refractivity contribution in [3.05, 3.63) is 89.7 Å². The molecule has 3 aromatic rings. The summed E-state index contributed by atoms with van der Waals surface area (Å²) in [7, 11) is -2.16. The third kappa shape index (κ3) is 5.53. The summed E-state index contributed by atoms with van der Waals surface area (Å²) in [6.45, 7) is 4.51. The van der Waals surface area contributed by atoms with Gasteiger partial charge in [0.1, 0.15) is 22.6 Å². The summed E-state index contributed by atoms with van der Waals surface area (Å²) in [5, 5.41) is 19.9. The van der Waals surface area contributed by atoms with Crippen LogP contribution in [0, 0.1) is 5.41 Å². The van der Waals surface area contributed by atoms with Gasteiger partial charge < -0.3 is 23.6 Å². The lowest BCUT2D eigenvalue weighted by atomic mass is 9.97. The normalized spacial score (nSPS) is 21.7. The summed E-state index contributed by atoms with van der Waals surface area (Å²) in [6.07, 6.45) is -0.819. The average molecular weight is 521 g/mol. The molecular formula is C28H29N2O6P. The molecule has 0 amide bonds. The predicted molar refractivity (Wildman–Crippen MR) is 140 cm³/mol. The van der Waals surface area contributed by atoms with E-state index in [0.717, 1.165) is 5.69 Å². The number of fused-ring (bicyclic) bond motifs is 1. The minimum atomic E-state index is -3.74. The standard InChI is InChI=1S/C28H29N2O6P/c1-28(2)17-34-37(32,35-18-28)27(19-9-12-22(33-3)13-10-19)26-16-24(31)23-15-21(11-14-25(23)36-26)30-29-20-7-5-4-6-8-20/h4-15,24,31H,16-18H2,1-3H3/b27-26-,30-29?. The van der Waals surface area contributed by atoms with Crippen molar-refractivity contribution in [2.75, 3.05) is 20.3 Å². The zero-order valence-corrected chi connectivity index (χ0v) is 21.9. The fourth-order valence-electron chi connectivity index (χ4n) is 4.11. The topological polar surface area (TPSA) is 98.9 Å². The first-order valence-electron chi connectivity index (χ1n) is 12.0. The molecule has 9 heteroatoms. The van der Waals surface area contributed by atoms with Crippen LogP contribution in [0.5, 0.6) is 11.5 Å². The van der Waals surface area contributed by atoms with Crippen LogP contribution in [0.2, 0.25) is 0 Å². The number of ether oxygens (including phenoxy) is 2. The maximum Gasteiger partial charge on any atom is 0.365 e. The first kappa shape index (κ1) is 25.4. The van der Waals surface area contributed by atoms with E-state index in [0.29, 0.717) is 39.4 Å². The van der Waals surface area contributed by atoms with E-state index < -0.39 is 13.7 Å². The van der Waals surface area contributed by atoms with Crippen molar-refractivity contribution in [1.29, 1.82) is 0 Å². The molecule has 1 saturated heterocycles. The van der Waals surface area contributed by atoms with E-state index in [-0.39, 0.29) is 25.0 Å². The molecule has 0 radical (unpaired) electrons. The molecule has 8 nitrogen and oxygen atoms in total. The molecule has 1 atom stereocenters. The number of hydrogen-bond donors (Lipinski definition) is 1. The van der Waals surface area contributed by atoms with Gasteiger partial charge >= 0.3 is 7.60 Å². The summed E-state index contributed by atoms with van der Waals surface area (Å²) < 4.78 is 37.3. The van der Waals surface area contributed by atoms with Crippen molar-refractivity contribution in [3.8, 4) is 11.5 Å². The smallest absolute Gasteiger partial charge is 0.365 e. The minimum absolute atomic E-state index is 0.0910. The van der Waals surface area contributed by atoms with Gasteiger partial charge in [-0.1, -0.05) is 44.2 Å². The molecule has 0 saturated carbocycles. The van der Waals surface area contributed by atoms with Crippen molar-refractivity contribution in [3.63, 3.8) is 0 Å². The van der Waals surface area contributed by atoms with Crippen molar-refractivity contribution < 1.29 is 28.2 Å². The molecule has 1 fully saturated rings. The van der Waals surface area contributed by atoms with E-state index in [9.17, 15) is 9.67 Å². The monoisotopic (exact) mass is 520 g/mol. The van der Waals surface area contributed by atoms with Crippen LogP contribution in [-0.2, 0) is 13.6 Å². The van der Waals surface area contributed by atoms with Gasteiger partial charge in [-0.2, -0.15) is 10.2 Å². The Morgan fingerprint density at radius 1 is 0.973 bits per heavy atom. The Bertz CT molecular complexity index is 1370. The van der Waals surface area contributed by atoms with Gasteiger partial charge in [-0.25, -0.2) is 0 Å². The maximum absolute atomic E-state index is 14.0. The van der Waals surface area contributed by atoms with Crippen molar-refractivity contribution in [2.24, 2.45) is 15.6 Å². The Kier molecular flexibility index (Phi) is 7.01. The lowest BCUT2D eigenvalue weighted by Crippen LogP contribution is -2.30. The molecule has 2 aliphatic heterocycles. The van der Waals surface area contributed by atoms with Gasteiger partial charge in [-0.15, -0.1) is 0 Å². The zero-order chi connectivity index (χ0) is 26.0. The second kappa shape index (κ2) is 10.2. The molecule has 3 aromatic carbocycles. The van der Waals surface area contributed by atoms with Crippen LogP contribution in [0.4, 0.5) is 11.4 Å². The summed E-state index contributed by atoms with van der Waals surface area (Å²) in [5.41, 5.74) is 2.23. The van der Waals surface area contributed by atoms with Gasteiger partial charge in [0.25, 0.3) is 0 Å². The van der Waals surface area contributed by atoms with Crippen molar-refractivity contribution in [1.82, 2.24) is 0 Å². The van der Waals surface area contributed by atoms with Gasteiger partial charge in [-0.05, 0) is 48.0 Å². The highest BCUT2D eigenvalue weighted by Gasteiger charge is 2.43. The van der Waals surface area contributed by atoms with Crippen molar-refractivity contribution in [2.45, 2.75) is 26.4 Å². The summed E-state index contributed by atoms with van der Waals surface area (Å²) in [5.74, 6) is 1.44. The van der Waals surface area contributed by atoms with Gasteiger partial charge in [0, 0.05) is 17.4 Å². The lowest BCUT2D eigenvalue weighted by Gasteiger charge is -2.36. The van der Waals surface area contributed by atoms with E-state index in [1.54, 1.807) is 49.6 Å². The van der Waals surface area contributed by atoms with E-state index in [1.807, 2.05) is 44.2 Å². The fraction of sp³-hybridized carbons (Fsp3) is 0.286. The molecule has 5 rings (SSSR count). The Morgan fingerprint density at radius 3 is 2.32 bits per heavy atom. The molecule has 37 heavy (non-hydrogen) atoms. The van der Waals surface area contributed by atoms with E-state index in [2.05, 4.69) is 10.2 Å². The summed E-state index contributed by atoms with van der Waals surface area (Å²) in [6, 6.07) is 21.7. The van der Waals surface area contributed by atoms with Gasteiger partial charge in [0.2, 0.25) is 0 Å². The number of hydrogen-bond acceptors (Lipinski definition) is 8. The quantitative estimate of drug-likeness (QED) is 0.275. The number of methoxy groups -OCH3 is 1. The van der Waals surface area contributed by atoms with E-state index >= 15 is 0 Å². The van der Waals surface area contributed by atoms with Crippen LogP contribution in [0.3, 0.4) is 0 Å². The molecule has 2 aliphatic rings. The number of nitrogens with zero attached hydrogens (tertiary/aromatic N) is 2. The number of aliphatic hydroxyl groups is 1. The molecule has 0 aliphatic carbocycles. The van der Waals surface area contributed by atoms with Crippen molar-refractivity contribution >= 4 is 24.3 Å². The first-order chi connectivity index (χ1) is 17.8. The van der Waals surface area contributed by atoms with Crippen LogP contribution >= 0.6 is 7.60 Å². The van der Waals surface area contributed by atoms with Crippen LogP contribution in [0.25, 0.3) is 5.31 Å². The molecule has 0 aromatic heterocycles. The predicted octanol–water partition coefficient (Wildman–Crippen LogP) is 7.56.